The van der Waals surface area contributed by atoms with Crippen molar-refractivity contribution in [2.45, 2.75) is 13.8 Å². The summed E-state index contributed by atoms with van der Waals surface area (Å²) < 4.78 is 5.01. The Bertz CT molecular complexity index is 481. The van der Waals surface area contributed by atoms with Crippen LogP contribution in [0.2, 0.25) is 0 Å². The molecule has 0 unspecified atom stereocenters. The lowest BCUT2D eigenvalue weighted by molar-refractivity contribution is 0.449. The Kier molecular flexibility index (Phi) is 1.30. The topological polar surface area (TPSA) is 58.9 Å². The zero-order valence-corrected chi connectivity index (χ0v) is 6.84. The largest absolute Gasteiger partial charge is 0.354 e. The van der Waals surface area contributed by atoms with E-state index in [0.29, 0.717) is 16.8 Å². The molecule has 0 amide bonds. The van der Waals surface area contributed by atoms with E-state index in [1.165, 1.54) is 6.07 Å². The summed E-state index contributed by atoms with van der Waals surface area (Å²) >= 11 is 0. The second-order valence-electron chi connectivity index (χ2n) is 2.79. The van der Waals surface area contributed by atoms with Crippen molar-refractivity contribution in [1.29, 1.82) is 0 Å². The van der Waals surface area contributed by atoms with Crippen molar-refractivity contribution in [2.75, 3.05) is 0 Å². The quantitative estimate of drug-likeness (QED) is 0.635. The molecule has 2 aromatic heterocycles. The van der Waals surface area contributed by atoms with Crippen molar-refractivity contribution < 1.29 is 4.52 Å². The van der Waals surface area contributed by atoms with Gasteiger partial charge in [-0.15, -0.1) is 0 Å². The van der Waals surface area contributed by atoms with Crippen LogP contribution in [0.25, 0.3) is 11.1 Å². The Morgan fingerprint density at radius 1 is 1.50 bits per heavy atom. The van der Waals surface area contributed by atoms with Crippen LogP contribution >= 0.6 is 0 Å². The number of nitrogens with zero attached hydrogens (tertiary/aromatic N) is 1. The van der Waals surface area contributed by atoms with Crippen LogP contribution in [0.15, 0.2) is 15.4 Å². The predicted molar refractivity (Wildman–Crippen MR) is 44.1 cm³/mol. The maximum atomic E-state index is 11.0. The summed E-state index contributed by atoms with van der Waals surface area (Å²) in [6, 6.07) is 1.49. The first-order chi connectivity index (χ1) is 5.68. The van der Waals surface area contributed by atoms with Crippen molar-refractivity contribution in [2.24, 2.45) is 0 Å². The Morgan fingerprint density at radius 2 is 2.25 bits per heavy atom. The molecule has 62 valence electrons. The zero-order chi connectivity index (χ0) is 8.72. The van der Waals surface area contributed by atoms with Crippen LogP contribution < -0.4 is 5.56 Å². The third-order valence-electron chi connectivity index (χ3n) is 1.82. The zero-order valence-electron chi connectivity index (χ0n) is 6.84. The molecule has 0 saturated carbocycles. The van der Waals surface area contributed by atoms with Gasteiger partial charge in [0.15, 0.2) is 5.58 Å². The first kappa shape index (κ1) is 7.09. The second kappa shape index (κ2) is 2.20. The Hall–Kier alpha value is -1.58. The molecule has 0 aliphatic carbocycles. The van der Waals surface area contributed by atoms with Gasteiger partial charge in [0.25, 0.3) is 0 Å². The molecule has 0 spiro atoms. The highest BCUT2D eigenvalue weighted by atomic mass is 16.5. The van der Waals surface area contributed by atoms with E-state index in [0.717, 1.165) is 5.56 Å². The molecule has 0 aliphatic heterocycles. The number of H-pyrrole nitrogens is 1. The molecule has 12 heavy (non-hydrogen) atoms. The number of hydrogen-bond acceptors (Lipinski definition) is 3. The van der Waals surface area contributed by atoms with Crippen molar-refractivity contribution in [3.8, 4) is 0 Å². The number of pyridine rings is 1. The minimum Gasteiger partial charge on any atom is -0.354 e. The summed E-state index contributed by atoms with van der Waals surface area (Å²) in [4.78, 5) is 13.7. The number of fused-ring (bicyclic) bond motifs is 1. The molecule has 0 bridgehead atoms. The highest BCUT2D eigenvalue weighted by molar-refractivity contribution is 5.77. The molecule has 4 heteroatoms. The van der Waals surface area contributed by atoms with Gasteiger partial charge in [0.05, 0.1) is 0 Å². The molecule has 1 N–H and O–H groups in total. The summed E-state index contributed by atoms with van der Waals surface area (Å²) in [7, 11) is 0. The van der Waals surface area contributed by atoms with Crippen LogP contribution in [0, 0.1) is 13.8 Å². The predicted octanol–water partition coefficient (Wildman–Crippen LogP) is 1.13. The van der Waals surface area contributed by atoms with Crippen LogP contribution in [0.4, 0.5) is 0 Å². The Morgan fingerprint density at radius 3 is 3.00 bits per heavy atom. The normalized spacial score (nSPS) is 10.8. The number of aryl methyl sites for hydroxylation is 2. The van der Waals surface area contributed by atoms with E-state index in [-0.39, 0.29) is 5.56 Å². The molecule has 2 rings (SSSR count). The fourth-order valence-corrected chi connectivity index (χ4v) is 1.21. The molecule has 0 fully saturated rings. The van der Waals surface area contributed by atoms with E-state index >= 15 is 0 Å². The van der Waals surface area contributed by atoms with Crippen molar-refractivity contribution >= 4 is 11.1 Å². The van der Waals surface area contributed by atoms with Gasteiger partial charge in [0, 0.05) is 11.6 Å². The average Bonchev–Trinajstić information content (AvgIpc) is 2.33. The van der Waals surface area contributed by atoms with E-state index in [1.807, 2.05) is 6.92 Å². The minimum atomic E-state index is -0.119. The molecular formula is C8H8N2O2. The van der Waals surface area contributed by atoms with Crippen LogP contribution in [0.1, 0.15) is 11.3 Å². The maximum absolute atomic E-state index is 11.0. The SMILES string of the molecule is Cc1noc2c(C)cc(=O)[nH]c12. The molecular weight excluding hydrogens is 156 g/mol. The lowest BCUT2D eigenvalue weighted by Gasteiger charge is -1.90. The Labute approximate surface area is 68.2 Å². The van der Waals surface area contributed by atoms with Crippen LogP contribution in [-0.4, -0.2) is 10.1 Å². The highest BCUT2D eigenvalue weighted by Gasteiger charge is 2.07. The molecule has 0 radical (unpaired) electrons. The lowest BCUT2D eigenvalue weighted by Crippen LogP contribution is -2.04. The minimum absolute atomic E-state index is 0.119. The molecule has 0 aliphatic rings. The highest BCUT2D eigenvalue weighted by Crippen LogP contribution is 2.16. The summed E-state index contributed by atoms with van der Waals surface area (Å²) in [5.41, 5.74) is 2.76. The fourth-order valence-electron chi connectivity index (χ4n) is 1.21. The molecule has 0 saturated heterocycles. The first-order valence-electron chi connectivity index (χ1n) is 3.64. The van der Waals surface area contributed by atoms with Crippen molar-refractivity contribution in [1.82, 2.24) is 10.1 Å². The molecule has 2 aromatic rings. The third-order valence-corrected chi connectivity index (χ3v) is 1.82. The molecule has 0 atom stereocenters. The van der Waals surface area contributed by atoms with Crippen molar-refractivity contribution in [3.05, 3.63) is 27.7 Å². The maximum Gasteiger partial charge on any atom is 0.248 e. The van der Waals surface area contributed by atoms with Gasteiger partial charge in [-0.1, -0.05) is 5.16 Å². The molecule has 2 heterocycles. The standard InChI is InChI=1S/C8H8N2O2/c1-4-3-6(11)9-7-5(2)10-12-8(4)7/h3H,1-2H3,(H,9,11). The van der Waals surface area contributed by atoms with Crippen molar-refractivity contribution in [3.63, 3.8) is 0 Å². The summed E-state index contributed by atoms with van der Waals surface area (Å²) in [5.74, 6) is 0. The number of rotatable bonds is 0. The smallest absolute Gasteiger partial charge is 0.248 e. The van der Waals surface area contributed by atoms with E-state index in [1.54, 1.807) is 6.92 Å². The van der Waals surface area contributed by atoms with Gasteiger partial charge < -0.3 is 9.51 Å². The van der Waals surface area contributed by atoms with E-state index in [2.05, 4.69) is 10.1 Å². The van der Waals surface area contributed by atoms with Crippen LogP contribution in [0.3, 0.4) is 0 Å². The van der Waals surface area contributed by atoms with E-state index in [9.17, 15) is 4.79 Å². The third kappa shape index (κ3) is 0.845. The monoisotopic (exact) mass is 164 g/mol. The molecule has 0 aromatic carbocycles. The van der Waals surface area contributed by atoms with Crippen LogP contribution in [-0.2, 0) is 0 Å². The molecule has 4 nitrogen and oxygen atoms in total. The fraction of sp³-hybridized carbons (Fsp3) is 0.250. The van der Waals surface area contributed by atoms with Gasteiger partial charge in [-0.2, -0.15) is 0 Å². The van der Waals surface area contributed by atoms with Gasteiger partial charge in [-0.3, -0.25) is 4.79 Å². The summed E-state index contributed by atoms with van der Waals surface area (Å²) in [5, 5.41) is 3.75. The van der Waals surface area contributed by atoms with Gasteiger partial charge in [0.2, 0.25) is 5.56 Å². The number of aromatic nitrogens is 2. The summed E-state index contributed by atoms with van der Waals surface area (Å²) in [6.45, 7) is 3.61. The van der Waals surface area contributed by atoms with Gasteiger partial charge >= 0.3 is 0 Å². The first-order valence-corrected chi connectivity index (χ1v) is 3.64. The second-order valence-corrected chi connectivity index (χ2v) is 2.79. The Balaban J connectivity index is 3.02. The van der Waals surface area contributed by atoms with E-state index < -0.39 is 0 Å². The van der Waals surface area contributed by atoms with E-state index in [4.69, 9.17) is 4.52 Å². The lowest BCUT2D eigenvalue weighted by atomic mass is 10.2. The summed E-state index contributed by atoms with van der Waals surface area (Å²) in [6.07, 6.45) is 0. The van der Waals surface area contributed by atoms with Gasteiger partial charge in [-0.25, -0.2) is 0 Å². The number of aromatic amines is 1. The van der Waals surface area contributed by atoms with Gasteiger partial charge in [0.1, 0.15) is 11.2 Å². The average molecular weight is 164 g/mol. The number of hydrogen-bond donors (Lipinski definition) is 1. The van der Waals surface area contributed by atoms with Gasteiger partial charge in [-0.05, 0) is 13.8 Å². The van der Waals surface area contributed by atoms with Crippen LogP contribution in [0.5, 0.6) is 0 Å². The number of nitrogens with one attached hydrogen (secondary N) is 1.